The van der Waals surface area contributed by atoms with E-state index in [1.54, 1.807) is 12.1 Å². The second-order valence-corrected chi connectivity index (χ2v) is 7.01. The molecule has 0 aliphatic heterocycles. The fourth-order valence-corrected chi connectivity index (χ4v) is 4.18. The number of benzene rings is 1. The van der Waals surface area contributed by atoms with Crippen molar-refractivity contribution in [3.8, 4) is 0 Å². The van der Waals surface area contributed by atoms with Gasteiger partial charge in [-0.2, -0.15) is 13.1 Å². The van der Waals surface area contributed by atoms with Gasteiger partial charge in [0.25, 0.3) is 10.2 Å². The minimum absolute atomic E-state index is 0.0684. The van der Waals surface area contributed by atoms with Gasteiger partial charge in [-0.05, 0) is 56.8 Å². The van der Waals surface area contributed by atoms with E-state index in [4.69, 9.17) is 5.73 Å². The van der Waals surface area contributed by atoms with E-state index in [0.29, 0.717) is 20.3 Å². The first-order valence-corrected chi connectivity index (χ1v) is 7.99. The van der Waals surface area contributed by atoms with Gasteiger partial charge in [-0.15, -0.1) is 0 Å². The van der Waals surface area contributed by atoms with E-state index in [-0.39, 0.29) is 6.04 Å². The predicted octanol–water partition coefficient (Wildman–Crippen LogP) is 2.20. The SMILES string of the molecule is Nc1cc(Br)c(NS(=O)(=O)NC2CC2)c(Br)c1. The molecule has 4 N–H and O–H groups in total. The molecule has 8 heteroatoms. The van der Waals surface area contributed by atoms with Crippen LogP contribution in [0.2, 0.25) is 0 Å². The van der Waals surface area contributed by atoms with Crippen LogP contribution >= 0.6 is 31.9 Å². The van der Waals surface area contributed by atoms with Gasteiger partial charge in [0, 0.05) is 20.7 Å². The van der Waals surface area contributed by atoms with Gasteiger partial charge >= 0.3 is 0 Å². The highest BCUT2D eigenvalue weighted by Gasteiger charge is 2.27. The summed E-state index contributed by atoms with van der Waals surface area (Å²) >= 11 is 6.54. The van der Waals surface area contributed by atoms with Crippen LogP contribution in [0.4, 0.5) is 11.4 Å². The number of rotatable bonds is 4. The quantitative estimate of drug-likeness (QED) is 0.695. The summed E-state index contributed by atoms with van der Waals surface area (Å²) in [5.74, 6) is 0. The number of halogens is 2. The maximum absolute atomic E-state index is 11.7. The summed E-state index contributed by atoms with van der Waals surface area (Å²) in [6.45, 7) is 0. The van der Waals surface area contributed by atoms with Crippen LogP contribution in [-0.2, 0) is 10.2 Å². The molecule has 1 aromatic rings. The lowest BCUT2D eigenvalue weighted by molar-refractivity contribution is 0.586. The number of nitrogens with one attached hydrogen (secondary N) is 2. The summed E-state index contributed by atoms with van der Waals surface area (Å²) in [4.78, 5) is 0. The summed E-state index contributed by atoms with van der Waals surface area (Å²) in [5, 5.41) is 0. The standard InChI is InChI=1S/C9H11Br2N3O2S/c10-7-3-5(12)4-8(11)9(7)14-17(15,16)13-6-1-2-6/h3-4,6,13-14H,1-2,12H2. The predicted molar refractivity (Wildman–Crippen MR) is 75.0 cm³/mol. The zero-order chi connectivity index (χ0) is 12.6. The van der Waals surface area contributed by atoms with Gasteiger partial charge in [-0.25, -0.2) is 0 Å². The van der Waals surface area contributed by atoms with Crippen LogP contribution in [0.1, 0.15) is 12.8 Å². The largest absolute Gasteiger partial charge is 0.399 e. The van der Waals surface area contributed by atoms with Crippen LogP contribution in [-0.4, -0.2) is 14.5 Å². The lowest BCUT2D eigenvalue weighted by atomic mass is 10.3. The van der Waals surface area contributed by atoms with E-state index in [9.17, 15) is 8.42 Å². The second-order valence-electron chi connectivity index (χ2n) is 3.86. The van der Waals surface area contributed by atoms with Crippen molar-refractivity contribution < 1.29 is 8.42 Å². The maximum atomic E-state index is 11.7. The molecular formula is C9H11Br2N3O2S. The highest BCUT2D eigenvalue weighted by molar-refractivity contribution is 9.11. The molecule has 0 atom stereocenters. The molecule has 0 saturated heterocycles. The van der Waals surface area contributed by atoms with Gasteiger partial charge in [-0.1, -0.05) is 0 Å². The Morgan fingerprint density at radius 1 is 1.24 bits per heavy atom. The van der Waals surface area contributed by atoms with E-state index in [1.165, 1.54) is 0 Å². The summed E-state index contributed by atoms with van der Waals surface area (Å²) in [7, 11) is -3.53. The van der Waals surface area contributed by atoms with E-state index in [0.717, 1.165) is 12.8 Å². The Bertz CT molecular complexity index is 520. The molecule has 0 bridgehead atoms. The molecule has 0 heterocycles. The van der Waals surface area contributed by atoms with Gasteiger partial charge in [0.05, 0.1) is 5.69 Å². The minimum Gasteiger partial charge on any atom is -0.399 e. The summed E-state index contributed by atoms with van der Waals surface area (Å²) in [5.41, 5.74) is 6.61. The Labute approximate surface area is 117 Å². The molecule has 1 fully saturated rings. The van der Waals surface area contributed by atoms with Crippen molar-refractivity contribution >= 4 is 53.4 Å². The average molecular weight is 385 g/mol. The molecule has 1 aliphatic rings. The number of hydrogen-bond donors (Lipinski definition) is 3. The topological polar surface area (TPSA) is 84.2 Å². The van der Waals surface area contributed by atoms with Crippen molar-refractivity contribution in [2.24, 2.45) is 0 Å². The van der Waals surface area contributed by atoms with E-state index >= 15 is 0 Å². The van der Waals surface area contributed by atoms with Gasteiger partial charge in [-0.3, -0.25) is 4.72 Å². The zero-order valence-corrected chi connectivity index (χ0v) is 12.7. The lowest BCUT2D eigenvalue weighted by Crippen LogP contribution is -2.32. The summed E-state index contributed by atoms with van der Waals surface area (Å²) in [6.07, 6.45) is 1.79. The second kappa shape index (κ2) is 4.75. The monoisotopic (exact) mass is 383 g/mol. The Morgan fingerprint density at radius 3 is 2.24 bits per heavy atom. The number of anilines is 2. The van der Waals surface area contributed by atoms with Crippen LogP contribution in [0.25, 0.3) is 0 Å². The minimum atomic E-state index is -3.53. The summed E-state index contributed by atoms with van der Waals surface area (Å²) in [6, 6.07) is 3.35. The van der Waals surface area contributed by atoms with Crippen LogP contribution < -0.4 is 15.2 Å². The number of nitrogen functional groups attached to an aromatic ring is 1. The Balaban J connectivity index is 2.23. The molecule has 5 nitrogen and oxygen atoms in total. The Morgan fingerprint density at radius 2 is 1.76 bits per heavy atom. The lowest BCUT2D eigenvalue weighted by Gasteiger charge is -2.12. The van der Waals surface area contributed by atoms with Crippen molar-refractivity contribution in [3.63, 3.8) is 0 Å². The molecule has 0 unspecified atom stereocenters. The van der Waals surface area contributed by atoms with Crippen molar-refractivity contribution in [1.29, 1.82) is 0 Å². The molecule has 1 saturated carbocycles. The van der Waals surface area contributed by atoms with Crippen LogP contribution in [0.5, 0.6) is 0 Å². The molecule has 0 amide bonds. The summed E-state index contributed by atoms with van der Waals surface area (Å²) < 4.78 is 29.7. The normalized spacial score (nSPS) is 15.9. The first-order chi connectivity index (χ1) is 7.87. The Hall–Kier alpha value is -0.310. The molecule has 1 aromatic carbocycles. The van der Waals surface area contributed by atoms with Crippen LogP contribution in [0.15, 0.2) is 21.1 Å². The molecule has 0 spiro atoms. The fourth-order valence-electron chi connectivity index (χ4n) is 1.27. The third-order valence-electron chi connectivity index (χ3n) is 2.20. The third-order valence-corrected chi connectivity index (χ3v) is 4.57. The van der Waals surface area contributed by atoms with E-state index in [1.807, 2.05) is 0 Å². The average Bonchev–Trinajstić information content (AvgIpc) is 2.94. The fraction of sp³-hybridized carbons (Fsp3) is 0.333. The molecule has 2 rings (SSSR count). The van der Waals surface area contributed by atoms with Crippen molar-refractivity contribution in [2.75, 3.05) is 10.5 Å². The molecule has 94 valence electrons. The molecule has 17 heavy (non-hydrogen) atoms. The highest BCUT2D eigenvalue weighted by Crippen LogP contribution is 2.34. The Kier molecular flexibility index (Phi) is 3.67. The molecule has 1 aliphatic carbocycles. The first-order valence-electron chi connectivity index (χ1n) is 4.92. The van der Waals surface area contributed by atoms with Gasteiger partial charge < -0.3 is 5.73 Å². The van der Waals surface area contributed by atoms with Gasteiger partial charge in [0.2, 0.25) is 0 Å². The van der Waals surface area contributed by atoms with Crippen molar-refractivity contribution in [3.05, 3.63) is 21.1 Å². The zero-order valence-electron chi connectivity index (χ0n) is 8.70. The van der Waals surface area contributed by atoms with Gasteiger partial charge in [0.1, 0.15) is 0 Å². The van der Waals surface area contributed by atoms with Crippen molar-refractivity contribution in [1.82, 2.24) is 4.72 Å². The smallest absolute Gasteiger partial charge is 0.299 e. The van der Waals surface area contributed by atoms with E-state index in [2.05, 4.69) is 41.3 Å². The van der Waals surface area contributed by atoms with Crippen molar-refractivity contribution in [2.45, 2.75) is 18.9 Å². The third kappa shape index (κ3) is 3.57. The first kappa shape index (κ1) is 13.1. The van der Waals surface area contributed by atoms with Crippen LogP contribution in [0.3, 0.4) is 0 Å². The molecule has 0 radical (unpaired) electrons. The molecule has 0 aromatic heterocycles. The van der Waals surface area contributed by atoms with Gasteiger partial charge in [0.15, 0.2) is 0 Å². The van der Waals surface area contributed by atoms with E-state index < -0.39 is 10.2 Å². The van der Waals surface area contributed by atoms with Crippen LogP contribution in [0, 0.1) is 0 Å². The number of hydrogen-bond acceptors (Lipinski definition) is 3. The maximum Gasteiger partial charge on any atom is 0.299 e. The number of nitrogens with two attached hydrogens (primary N) is 1. The highest BCUT2D eigenvalue weighted by atomic mass is 79.9. The molecular weight excluding hydrogens is 374 g/mol.